The molecule has 94 valence electrons. The molecule has 1 fully saturated rings. The Morgan fingerprint density at radius 1 is 1.59 bits per heavy atom. The van der Waals surface area contributed by atoms with Crippen molar-refractivity contribution in [3.8, 4) is 5.75 Å². The number of nitrogens with one attached hydrogen (secondary N) is 2. The van der Waals surface area contributed by atoms with E-state index in [4.69, 9.17) is 4.74 Å². The highest BCUT2D eigenvalue weighted by atomic mass is 16.5. The van der Waals surface area contributed by atoms with Gasteiger partial charge in [0.25, 0.3) is 0 Å². The number of pyridine rings is 1. The normalized spacial score (nSPS) is 24.4. The average molecular weight is 235 g/mol. The number of nitrogens with zero attached hydrogens (tertiary/aromatic N) is 1. The zero-order chi connectivity index (χ0) is 12.1. The molecule has 2 N–H and O–H groups in total. The van der Waals surface area contributed by atoms with Crippen LogP contribution in [0.5, 0.6) is 5.75 Å². The van der Waals surface area contributed by atoms with Gasteiger partial charge in [-0.15, -0.1) is 0 Å². The maximum absolute atomic E-state index is 5.57. The van der Waals surface area contributed by atoms with Crippen LogP contribution in [-0.2, 0) is 0 Å². The molecule has 4 heteroatoms. The molecule has 0 aromatic carbocycles. The summed E-state index contributed by atoms with van der Waals surface area (Å²) in [4.78, 5) is 4.36. The first-order valence-corrected chi connectivity index (χ1v) is 6.39. The second-order valence-electron chi connectivity index (χ2n) is 4.42. The van der Waals surface area contributed by atoms with Gasteiger partial charge in [0, 0.05) is 18.3 Å². The fourth-order valence-electron chi connectivity index (χ4n) is 2.19. The minimum absolute atomic E-state index is 0.429. The van der Waals surface area contributed by atoms with E-state index in [2.05, 4.69) is 22.5 Å². The van der Waals surface area contributed by atoms with Gasteiger partial charge in [-0.1, -0.05) is 0 Å². The molecule has 0 bridgehead atoms. The van der Waals surface area contributed by atoms with Crippen molar-refractivity contribution in [3.63, 3.8) is 0 Å². The number of rotatable bonds is 4. The summed E-state index contributed by atoms with van der Waals surface area (Å²) in [7, 11) is 0. The number of ether oxygens (including phenoxy) is 1. The van der Waals surface area contributed by atoms with Crippen LogP contribution in [0.15, 0.2) is 18.3 Å². The summed E-state index contributed by atoms with van der Waals surface area (Å²) in [6, 6.07) is 4.76. The van der Waals surface area contributed by atoms with Crippen LogP contribution in [0.25, 0.3) is 0 Å². The summed E-state index contributed by atoms with van der Waals surface area (Å²) < 4.78 is 5.57. The van der Waals surface area contributed by atoms with Gasteiger partial charge in [-0.2, -0.15) is 0 Å². The van der Waals surface area contributed by atoms with E-state index in [-0.39, 0.29) is 0 Å². The Balaban J connectivity index is 2.06. The molecule has 2 rings (SSSR count). The molecule has 1 saturated heterocycles. The summed E-state index contributed by atoms with van der Waals surface area (Å²) in [6.07, 6.45) is 4.18. The standard InChI is InChI=1S/C13H21N3O/c1-3-17-12-7-5-9-15-13(12)16-11-6-4-8-14-10(11)2/h5,7,9-11,14H,3-4,6,8H2,1-2H3,(H,15,16). The van der Waals surface area contributed by atoms with E-state index in [9.17, 15) is 0 Å². The molecule has 1 aromatic rings. The van der Waals surface area contributed by atoms with Crippen molar-refractivity contribution in [2.24, 2.45) is 0 Å². The van der Waals surface area contributed by atoms with E-state index < -0.39 is 0 Å². The smallest absolute Gasteiger partial charge is 0.169 e. The fourth-order valence-corrected chi connectivity index (χ4v) is 2.19. The van der Waals surface area contributed by atoms with E-state index in [1.54, 1.807) is 6.20 Å². The number of piperidine rings is 1. The molecule has 4 nitrogen and oxygen atoms in total. The molecule has 2 heterocycles. The Hall–Kier alpha value is -1.29. The molecule has 17 heavy (non-hydrogen) atoms. The van der Waals surface area contributed by atoms with Gasteiger partial charge >= 0.3 is 0 Å². The molecule has 1 aromatic heterocycles. The maximum atomic E-state index is 5.57. The monoisotopic (exact) mass is 235 g/mol. The zero-order valence-corrected chi connectivity index (χ0v) is 10.6. The number of hydrogen-bond acceptors (Lipinski definition) is 4. The summed E-state index contributed by atoms with van der Waals surface area (Å²) in [5.74, 6) is 1.70. The van der Waals surface area contributed by atoms with Crippen LogP contribution in [0, 0.1) is 0 Å². The second-order valence-corrected chi connectivity index (χ2v) is 4.42. The van der Waals surface area contributed by atoms with Crippen molar-refractivity contribution >= 4 is 5.82 Å². The first-order valence-electron chi connectivity index (χ1n) is 6.39. The zero-order valence-electron chi connectivity index (χ0n) is 10.6. The predicted octanol–water partition coefficient (Wildman–Crippen LogP) is 2.03. The Morgan fingerprint density at radius 2 is 2.47 bits per heavy atom. The van der Waals surface area contributed by atoms with Gasteiger partial charge < -0.3 is 15.4 Å². The van der Waals surface area contributed by atoms with Crippen molar-refractivity contribution in [1.29, 1.82) is 0 Å². The topological polar surface area (TPSA) is 46.2 Å². The molecule has 0 saturated carbocycles. The molecule has 1 aliphatic heterocycles. The van der Waals surface area contributed by atoms with Crippen LogP contribution in [0.1, 0.15) is 26.7 Å². The molecule has 2 atom stereocenters. The molecule has 0 amide bonds. The first-order chi connectivity index (χ1) is 8.31. The maximum Gasteiger partial charge on any atom is 0.169 e. The Morgan fingerprint density at radius 3 is 3.24 bits per heavy atom. The van der Waals surface area contributed by atoms with Gasteiger partial charge in [-0.3, -0.25) is 0 Å². The van der Waals surface area contributed by atoms with E-state index in [0.717, 1.165) is 18.1 Å². The van der Waals surface area contributed by atoms with Crippen molar-refractivity contribution in [2.75, 3.05) is 18.5 Å². The molecule has 1 aliphatic rings. The summed E-state index contributed by atoms with van der Waals surface area (Å²) >= 11 is 0. The third-order valence-electron chi connectivity index (χ3n) is 3.15. The SMILES string of the molecule is CCOc1cccnc1NC1CCCNC1C. The number of aromatic nitrogens is 1. The van der Waals surface area contributed by atoms with Gasteiger partial charge in [-0.25, -0.2) is 4.98 Å². The highest BCUT2D eigenvalue weighted by Gasteiger charge is 2.21. The van der Waals surface area contributed by atoms with Crippen LogP contribution < -0.4 is 15.4 Å². The lowest BCUT2D eigenvalue weighted by Crippen LogP contribution is -2.46. The highest BCUT2D eigenvalue weighted by molar-refractivity contribution is 5.50. The summed E-state index contributed by atoms with van der Waals surface area (Å²) in [5, 5.41) is 6.96. The second kappa shape index (κ2) is 5.87. The average Bonchev–Trinajstić information content (AvgIpc) is 2.35. The lowest BCUT2D eigenvalue weighted by molar-refractivity contribution is 0.338. The number of hydrogen-bond donors (Lipinski definition) is 2. The van der Waals surface area contributed by atoms with Crippen molar-refractivity contribution in [3.05, 3.63) is 18.3 Å². The van der Waals surface area contributed by atoms with Crippen LogP contribution >= 0.6 is 0 Å². The van der Waals surface area contributed by atoms with E-state index in [1.165, 1.54) is 12.8 Å². The van der Waals surface area contributed by atoms with Crippen LogP contribution in [0.4, 0.5) is 5.82 Å². The fraction of sp³-hybridized carbons (Fsp3) is 0.615. The first kappa shape index (κ1) is 12.2. The van der Waals surface area contributed by atoms with Crippen LogP contribution in [0.3, 0.4) is 0 Å². The van der Waals surface area contributed by atoms with Gasteiger partial charge in [0.05, 0.1) is 6.61 Å². The lowest BCUT2D eigenvalue weighted by atomic mass is 10.00. The Bertz CT molecular complexity index is 356. The van der Waals surface area contributed by atoms with E-state index >= 15 is 0 Å². The lowest BCUT2D eigenvalue weighted by Gasteiger charge is -2.31. The van der Waals surface area contributed by atoms with Gasteiger partial charge in [0.2, 0.25) is 0 Å². The number of anilines is 1. The molecular formula is C13H21N3O. The predicted molar refractivity (Wildman–Crippen MR) is 69.5 cm³/mol. The molecule has 0 radical (unpaired) electrons. The van der Waals surface area contributed by atoms with Crippen molar-refractivity contribution in [1.82, 2.24) is 10.3 Å². The molecular weight excluding hydrogens is 214 g/mol. The third-order valence-corrected chi connectivity index (χ3v) is 3.15. The van der Waals surface area contributed by atoms with Gasteiger partial charge in [0.1, 0.15) is 0 Å². The summed E-state index contributed by atoms with van der Waals surface area (Å²) in [6.45, 7) is 5.97. The summed E-state index contributed by atoms with van der Waals surface area (Å²) in [5.41, 5.74) is 0. The highest BCUT2D eigenvalue weighted by Crippen LogP contribution is 2.23. The van der Waals surface area contributed by atoms with Crippen LogP contribution in [-0.4, -0.2) is 30.2 Å². The van der Waals surface area contributed by atoms with Gasteiger partial charge in [0.15, 0.2) is 11.6 Å². The molecule has 0 aliphatic carbocycles. The largest absolute Gasteiger partial charge is 0.490 e. The van der Waals surface area contributed by atoms with Crippen molar-refractivity contribution < 1.29 is 4.74 Å². The molecule has 0 spiro atoms. The Labute approximate surface area is 103 Å². The Kier molecular flexibility index (Phi) is 4.20. The van der Waals surface area contributed by atoms with Crippen LogP contribution in [0.2, 0.25) is 0 Å². The van der Waals surface area contributed by atoms with Crippen molar-refractivity contribution in [2.45, 2.75) is 38.8 Å². The minimum atomic E-state index is 0.429. The third kappa shape index (κ3) is 3.09. The van der Waals surface area contributed by atoms with E-state index in [1.807, 2.05) is 19.1 Å². The minimum Gasteiger partial charge on any atom is -0.490 e. The van der Waals surface area contributed by atoms with Gasteiger partial charge in [-0.05, 0) is 45.4 Å². The van der Waals surface area contributed by atoms with E-state index in [0.29, 0.717) is 18.7 Å². The quantitative estimate of drug-likeness (QED) is 0.838. The molecule has 2 unspecified atom stereocenters.